The lowest BCUT2D eigenvalue weighted by atomic mass is 10.1. The third kappa shape index (κ3) is 2.82. The van der Waals surface area contributed by atoms with Crippen LogP contribution >= 0.6 is 11.3 Å². The molecule has 0 aliphatic rings. The normalized spacial score (nSPS) is 12.1. The third-order valence-corrected chi connectivity index (χ3v) is 3.00. The van der Waals surface area contributed by atoms with Crippen LogP contribution in [0.1, 0.15) is 18.5 Å². The molecule has 0 radical (unpaired) electrons. The van der Waals surface area contributed by atoms with Crippen LogP contribution in [0.3, 0.4) is 0 Å². The SMILES string of the molecule is CC(C(=O)O)c1csc(Oc2ccccc2)n1. The minimum Gasteiger partial charge on any atom is -0.481 e. The Bertz CT molecular complexity index is 509. The van der Waals surface area contributed by atoms with E-state index in [4.69, 9.17) is 9.84 Å². The van der Waals surface area contributed by atoms with Crippen LogP contribution in [-0.2, 0) is 4.79 Å². The standard InChI is InChI=1S/C12H11NO3S/c1-8(11(14)15)10-7-17-12(13-10)16-9-5-3-2-4-6-9/h2-8H,1H3,(H,14,15). The molecule has 0 aliphatic carbocycles. The zero-order chi connectivity index (χ0) is 12.3. The van der Waals surface area contributed by atoms with Gasteiger partial charge in [0.1, 0.15) is 5.75 Å². The number of nitrogens with zero attached hydrogens (tertiary/aromatic N) is 1. The summed E-state index contributed by atoms with van der Waals surface area (Å²) in [5.74, 6) is -0.808. The van der Waals surface area contributed by atoms with Crippen LogP contribution in [0.4, 0.5) is 0 Å². The molecule has 4 nitrogen and oxygen atoms in total. The van der Waals surface area contributed by atoms with Crippen molar-refractivity contribution in [3.05, 3.63) is 41.4 Å². The van der Waals surface area contributed by atoms with Crippen LogP contribution in [0.5, 0.6) is 10.9 Å². The minimum atomic E-state index is -0.887. The fourth-order valence-electron chi connectivity index (χ4n) is 1.23. The van der Waals surface area contributed by atoms with E-state index in [-0.39, 0.29) is 0 Å². The monoisotopic (exact) mass is 249 g/mol. The van der Waals surface area contributed by atoms with Gasteiger partial charge in [-0.15, -0.1) is 0 Å². The highest BCUT2D eigenvalue weighted by Crippen LogP contribution is 2.27. The molecule has 0 aliphatic heterocycles. The summed E-state index contributed by atoms with van der Waals surface area (Å²) in [5.41, 5.74) is 0.522. The first-order valence-corrected chi connectivity index (χ1v) is 5.96. The number of carbonyl (C=O) groups is 1. The second kappa shape index (κ2) is 4.97. The predicted octanol–water partition coefficient (Wildman–Crippen LogP) is 3.12. The lowest BCUT2D eigenvalue weighted by Gasteiger charge is -2.01. The van der Waals surface area contributed by atoms with Gasteiger partial charge in [0.05, 0.1) is 11.6 Å². The summed E-state index contributed by atoms with van der Waals surface area (Å²) in [6.45, 7) is 1.60. The molecule has 0 saturated carbocycles. The van der Waals surface area contributed by atoms with E-state index in [0.717, 1.165) is 0 Å². The third-order valence-electron chi connectivity index (χ3n) is 2.26. The van der Waals surface area contributed by atoms with Crippen LogP contribution in [0.25, 0.3) is 0 Å². The van der Waals surface area contributed by atoms with Gasteiger partial charge in [-0.2, -0.15) is 0 Å². The fraction of sp³-hybridized carbons (Fsp3) is 0.167. The molecule has 1 unspecified atom stereocenters. The molecular weight excluding hydrogens is 238 g/mol. The van der Waals surface area contributed by atoms with Crippen molar-refractivity contribution in [1.29, 1.82) is 0 Å². The number of rotatable bonds is 4. The lowest BCUT2D eigenvalue weighted by Crippen LogP contribution is -2.07. The summed E-state index contributed by atoms with van der Waals surface area (Å²) in [5, 5.41) is 11.0. The van der Waals surface area contributed by atoms with Crippen molar-refractivity contribution in [3.8, 4) is 10.9 Å². The highest BCUT2D eigenvalue weighted by Gasteiger charge is 2.17. The number of hydrogen-bond donors (Lipinski definition) is 1. The van der Waals surface area contributed by atoms with Gasteiger partial charge in [0, 0.05) is 5.38 Å². The van der Waals surface area contributed by atoms with Gasteiger partial charge >= 0.3 is 5.97 Å². The van der Waals surface area contributed by atoms with Gasteiger partial charge < -0.3 is 9.84 Å². The molecule has 0 spiro atoms. The van der Waals surface area contributed by atoms with Crippen molar-refractivity contribution < 1.29 is 14.6 Å². The second-order valence-electron chi connectivity index (χ2n) is 3.51. The molecule has 5 heteroatoms. The Morgan fingerprint density at radius 1 is 1.41 bits per heavy atom. The summed E-state index contributed by atoms with van der Waals surface area (Å²) < 4.78 is 5.50. The van der Waals surface area contributed by atoms with Crippen LogP contribution in [-0.4, -0.2) is 16.1 Å². The van der Waals surface area contributed by atoms with Crippen molar-refractivity contribution in [2.45, 2.75) is 12.8 Å². The summed E-state index contributed by atoms with van der Waals surface area (Å²) in [6, 6.07) is 9.27. The predicted molar refractivity (Wildman–Crippen MR) is 64.7 cm³/mol. The molecule has 2 aromatic rings. The van der Waals surface area contributed by atoms with E-state index >= 15 is 0 Å². The first kappa shape index (κ1) is 11.6. The topological polar surface area (TPSA) is 59.4 Å². The van der Waals surface area contributed by atoms with Gasteiger partial charge in [0.25, 0.3) is 5.19 Å². The van der Waals surface area contributed by atoms with E-state index in [0.29, 0.717) is 16.6 Å². The molecular formula is C12H11NO3S. The number of aliphatic carboxylic acids is 1. The zero-order valence-corrected chi connectivity index (χ0v) is 9.98. The maximum Gasteiger partial charge on any atom is 0.312 e. The summed E-state index contributed by atoms with van der Waals surface area (Å²) in [6.07, 6.45) is 0. The first-order valence-electron chi connectivity index (χ1n) is 5.08. The largest absolute Gasteiger partial charge is 0.481 e. The average molecular weight is 249 g/mol. The molecule has 1 aromatic carbocycles. The van der Waals surface area contributed by atoms with Crippen molar-refractivity contribution in [1.82, 2.24) is 4.98 Å². The Balaban J connectivity index is 2.11. The lowest BCUT2D eigenvalue weighted by molar-refractivity contribution is -0.138. The van der Waals surface area contributed by atoms with E-state index in [9.17, 15) is 4.79 Å². The fourth-order valence-corrected chi connectivity index (χ4v) is 2.01. The van der Waals surface area contributed by atoms with Gasteiger partial charge in [-0.25, -0.2) is 4.98 Å². The molecule has 0 saturated heterocycles. The van der Waals surface area contributed by atoms with Crippen molar-refractivity contribution in [3.63, 3.8) is 0 Å². The highest BCUT2D eigenvalue weighted by atomic mass is 32.1. The second-order valence-corrected chi connectivity index (χ2v) is 4.33. The Morgan fingerprint density at radius 3 is 2.76 bits per heavy atom. The van der Waals surface area contributed by atoms with Crippen LogP contribution in [0.2, 0.25) is 0 Å². The van der Waals surface area contributed by atoms with Gasteiger partial charge in [0.15, 0.2) is 0 Å². The number of hydrogen-bond acceptors (Lipinski definition) is 4. The number of thiazole rings is 1. The molecule has 1 N–H and O–H groups in total. The number of aromatic nitrogens is 1. The molecule has 0 amide bonds. The molecule has 1 heterocycles. The van der Waals surface area contributed by atoms with Gasteiger partial charge in [-0.05, 0) is 19.1 Å². The first-order chi connectivity index (χ1) is 8.16. The van der Waals surface area contributed by atoms with E-state index in [1.807, 2.05) is 30.3 Å². The highest BCUT2D eigenvalue weighted by molar-refractivity contribution is 7.11. The smallest absolute Gasteiger partial charge is 0.312 e. The summed E-state index contributed by atoms with van der Waals surface area (Å²) >= 11 is 1.29. The molecule has 88 valence electrons. The minimum absolute atomic E-state index is 0.458. The van der Waals surface area contributed by atoms with E-state index in [1.165, 1.54) is 11.3 Å². The Morgan fingerprint density at radius 2 is 2.12 bits per heavy atom. The zero-order valence-electron chi connectivity index (χ0n) is 9.16. The van der Waals surface area contributed by atoms with Gasteiger partial charge in [0.2, 0.25) is 0 Å². The summed E-state index contributed by atoms with van der Waals surface area (Å²) in [7, 11) is 0. The molecule has 1 aromatic heterocycles. The quantitative estimate of drug-likeness (QED) is 0.904. The summed E-state index contributed by atoms with van der Waals surface area (Å²) in [4.78, 5) is 14.9. The number of carboxylic acid groups (broad SMARTS) is 1. The van der Waals surface area contributed by atoms with E-state index < -0.39 is 11.9 Å². The molecule has 0 fully saturated rings. The van der Waals surface area contributed by atoms with Gasteiger partial charge in [-0.3, -0.25) is 4.79 Å². The van der Waals surface area contributed by atoms with Gasteiger partial charge in [-0.1, -0.05) is 29.5 Å². The number of ether oxygens (including phenoxy) is 1. The number of benzene rings is 1. The Hall–Kier alpha value is -1.88. The van der Waals surface area contributed by atoms with E-state index in [2.05, 4.69) is 4.98 Å². The molecule has 2 rings (SSSR count). The van der Waals surface area contributed by atoms with Crippen LogP contribution in [0, 0.1) is 0 Å². The van der Waals surface area contributed by atoms with Crippen molar-refractivity contribution in [2.24, 2.45) is 0 Å². The maximum absolute atomic E-state index is 10.8. The number of carboxylic acids is 1. The average Bonchev–Trinajstić information content (AvgIpc) is 2.77. The van der Waals surface area contributed by atoms with Crippen LogP contribution in [0.15, 0.2) is 35.7 Å². The van der Waals surface area contributed by atoms with Crippen molar-refractivity contribution in [2.75, 3.05) is 0 Å². The molecule has 0 bridgehead atoms. The van der Waals surface area contributed by atoms with Crippen molar-refractivity contribution >= 4 is 17.3 Å². The van der Waals surface area contributed by atoms with Crippen LogP contribution < -0.4 is 4.74 Å². The Labute approximate surface area is 103 Å². The van der Waals surface area contributed by atoms with E-state index in [1.54, 1.807) is 12.3 Å². The Kier molecular flexibility index (Phi) is 3.39. The molecule has 1 atom stereocenters. The number of para-hydroxylation sites is 1. The maximum atomic E-state index is 10.8. The molecule has 17 heavy (non-hydrogen) atoms.